The molecule has 1 unspecified atom stereocenters. The van der Waals surface area contributed by atoms with Gasteiger partial charge in [0.15, 0.2) is 0 Å². The third-order valence-corrected chi connectivity index (χ3v) is 12.6. The molecule has 5 aliphatic carbocycles. The first kappa shape index (κ1) is 23.2. The molecule has 5 rings (SSSR count). The number of hydrogen-bond acceptors (Lipinski definition) is 2. The molecular weight excluding hydrogens is 392 g/mol. The van der Waals surface area contributed by atoms with E-state index in [-0.39, 0.29) is 34.4 Å². The molecule has 32 heavy (non-hydrogen) atoms. The van der Waals surface area contributed by atoms with E-state index in [0.29, 0.717) is 28.6 Å². The summed E-state index contributed by atoms with van der Waals surface area (Å²) in [7, 11) is 0. The van der Waals surface area contributed by atoms with Crippen molar-refractivity contribution in [3.8, 4) is 0 Å². The number of allylic oxidation sites excluding steroid dienone is 4. The summed E-state index contributed by atoms with van der Waals surface area (Å²) in [6.45, 7) is 17.4. The van der Waals surface area contributed by atoms with Gasteiger partial charge in [-0.2, -0.15) is 0 Å². The van der Waals surface area contributed by atoms with Crippen molar-refractivity contribution in [2.75, 3.05) is 6.61 Å². The van der Waals surface area contributed by atoms with Crippen molar-refractivity contribution in [2.45, 2.75) is 106 Å². The van der Waals surface area contributed by atoms with Crippen LogP contribution < -0.4 is 0 Å². The molecule has 3 fully saturated rings. The molecule has 0 aliphatic heterocycles. The summed E-state index contributed by atoms with van der Waals surface area (Å²) in [5, 5.41) is 21.3. The molecule has 3 saturated carbocycles. The van der Waals surface area contributed by atoms with Gasteiger partial charge in [0.1, 0.15) is 0 Å². The van der Waals surface area contributed by atoms with Gasteiger partial charge in [-0.05, 0) is 90.8 Å². The molecular formula is C30H48O2. The number of rotatable bonds is 1. The molecule has 5 aliphatic rings. The van der Waals surface area contributed by atoms with E-state index in [1.807, 2.05) is 0 Å². The summed E-state index contributed by atoms with van der Waals surface area (Å²) in [4.78, 5) is 0. The monoisotopic (exact) mass is 440 g/mol. The van der Waals surface area contributed by atoms with Crippen LogP contribution in [0.2, 0.25) is 0 Å². The highest BCUT2D eigenvalue weighted by molar-refractivity contribution is 5.40. The van der Waals surface area contributed by atoms with Crippen LogP contribution in [0.4, 0.5) is 0 Å². The second-order valence-electron chi connectivity index (χ2n) is 14.6. The molecule has 0 radical (unpaired) electrons. The maximum atomic E-state index is 10.9. The van der Waals surface area contributed by atoms with Crippen LogP contribution in [0.3, 0.4) is 0 Å². The highest BCUT2D eigenvalue weighted by Gasteiger charge is 2.67. The first-order valence-electron chi connectivity index (χ1n) is 13.5. The van der Waals surface area contributed by atoms with E-state index in [0.717, 1.165) is 19.3 Å². The van der Waals surface area contributed by atoms with Crippen LogP contribution in [0, 0.1) is 50.2 Å². The quantitative estimate of drug-likeness (QED) is 0.435. The standard InChI is InChI=1S/C30H48O2/c1-25(2)14-15-26(3)16-17-29(6)20(21(26)18-25)8-9-23-27(4)12-11-24(32)28(5,19-31)22(27)10-13-30(23,29)7/h8,16-17,21-24,31-32H,9-15,18-19H2,1-7H3/t21-,22+,23+,24?,26+,27-,28-,29+,30+/m0/s1. The van der Waals surface area contributed by atoms with Crippen LogP contribution in [0.1, 0.15) is 99.8 Å². The molecule has 0 amide bonds. The largest absolute Gasteiger partial charge is 0.396 e. The van der Waals surface area contributed by atoms with Gasteiger partial charge in [0.05, 0.1) is 12.7 Å². The highest BCUT2D eigenvalue weighted by atomic mass is 16.3. The smallest absolute Gasteiger partial charge is 0.0618 e. The molecule has 2 N–H and O–H groups in total. The van der Waals surface area contributed by atoms with Gasteiger partial charge in [0.2, 0.25) is 0 Å². The minimum atomic E-state index is -0.375. The van der Waals surface area contributed by atoms with Crippen molar-refractivity contribution in [2.24, 2.45) is 50.2 Å². The molecule has 0 bridgehead atoms. The van der Waals surface area contributed by atoms with Crippen molar-refractivity contribution >= 4 is 0 Å². The summed E-state index contributed by atoms with van der Waals surface area (Å²) in [5.74, 6) is 1.67. The van der Waals surface area contributed by atoms with E-state index < -0.39 is 0 Å². The maximum Gasteiger partial charge on any atom is 0.0618 e. The first-order chi connectivity index (χ1) is 14.8. The summed E-state index contributed by atoms with van der Waals surface area (Å²) in [6, 6.07) is 0. The van der Waals surface area contributed by atoms with Gasteiger partial charge < -0.3 is 10.2 Å². The zero-order chi connectivity index (χ0) is 23.4. The molecule has 0 aromatic carbocycles. The van der Waals surface area contributed by atoms with E-state index in [2.05, 4.69) is 66.7 Å². The predicted octanol–water partition coefficient (Wildman–Crippen LogP) is 6.92. The van der Waals surface area contributed by atoms with Crippen molar-refractivity contribution in [1.82, 2.24) is 0 Å². The van der Waals surface area contributed by atoms with Crippen LogP contribution >= 0.6 is 0 Å². The Kier molecular flexibility index (Phi) is 4.88. The normalized spacial score (nSPS) is 56.3. The Balaban J connectivity index is 1.59. The summed E-state index contributed by atoms with van der Waals surface area (Å²) >= 11 is 0. The van der Waals surface area contributed by atoms with Crippen LogP contribution in [-0.4, -0.2) is 22.9 Å². The number of aliphatic hydroxyl groups is 2. The Hall–Kier alpha value is -0.600. The van der Waals surface area contributed by atoms with Crippen LogP contribution in [0.15, 0.2) is 23.8 Å². The van der Waals surface area contributed by atoms with Gasteiger partial charge in [-0.3, -0.25) is 0 Å². The molecule has 0 aromatic rings. The van der Waals surface area contributed by atoms with E-state index in [9.17, 15) is 10.2 Å². The van der Waals surface area contributed by atoms with Gasteiger partial charge in [0, 0.05) is 10.8 Å². The fraction of sp³-hybridized carbons (Fsp3) is 0.867. The van der Waals surface area contributed by atoms with Gasteiger partial charge in [-0.1, -0.05) is 72.3 Å². The summed E-state index contributed by atoms with van der Waals surface area (Å²) < 4.78 is 0. The zero-order valence-electron chi connectivity index (χ0n) is 21.8. The molecule has 9 atom stereocenters. The molecule has 0 heterocycles. The van der Waals surface area contributed by atoms with Gasteiger partial charge in [0.25, 0.3) is 0 Å². The Morgan fingerprint density at radius 3 is 2.28 bits per heavy atom. The number of hydrogen-bond donors (Lipinski definition) is 2. The summed E-state index contributed by atoms with van der Waals surface area (Å²) in [5.41, 5.74) is 2.66. The predicted molar refractivity (Wildman–Crippen MR) is 132 cm³/mol. The lowest BCUT2D eigenvalue weighted by molar-refractivity contribution is -0.205. The molecule has 0 saturated heterocycles. The third kappa shape index (κ3) is 2.72. The SMILES string of the molecule is CC1(C)CC[C@]2(C)C=C[C@]3(C)C(=CC[C@@H]4[C@@]5(C)CCC(O)[C@@](C)(CO)[C@@H]5CC[C@]43C)[C@@H]2C1. The molecule has 2 nitrogen and oxygen atoms in total. The van der Waals surface area contributed by atoms with Crippen molar-refractivity contribution < 1.29 is 10.2 Å². The highest BCUT2D eigenvalue weighted by Crippen LogP contribution is 2.74. The Bertz CT molecular complexity index is 855. The van der Waals surface area contributed by atoms with Crippen molar-refractivity contribution in [3.05, 3.63) is 23.8 Å². The zero-order valence-corrected chi connectivity index (χ0v) is 21.8. The lowest BCUT2D eigenvalue weighted by Gasteiger charge is -2.70. The lowest BCUT2D eigenvalue weighted by Crippen LogP contribution is -2.64. The number of fused-ring (bicyclic) bond motifs is 7. The van der Waals surface area contributed by atoms with Crippen molar-refractivity contribution in [1.29, 1.82) is 0 Å². The van der Waals surface area contributed by atoms with Gasteiger partial charge in [-0.25, -0.2) is 0 Å². The number of aliphatic hydroxyl groups excluding tert-OH is 2. The second kappa shape index (κ2) is 6.75. The van der Waals surface area contributed by atoms with Gasteiger partial charge >= 0.3 is 0 Å². The Labute approximate surface area is 197 Å². The topological polar surface area (TPSA) is 40.5 Å². The van der Waals surface area contributed by atoms with Crippen LogP contribution in [0.25, 0.3) is 0 Å². The van der Waals surface area contributed by atoms with Crippen LogP contribution in [-0.2, 0) is 0 Å². The Morgan fingerprint density at radius 2 is 1.59 bits per heavy atom. The van der Waals surface area contributed by atoms with Gasteiger partial charge in [-0.15, -0.1) is 0 Å². The minimum absolute atomic E-state index is 0.103. The third-order valence-electron chi connectivity index (χ3n) is 12.6. The van der Waals surface area contributed by atoms with E-state index in [1.165, 1.54) is 32.1 Å². The fourth-order valence-corrected chi connectivity index (χ4v) is 10.00. The van der Waals surface area contributed by atoms with E-state index in [4.69, 9.17) is 0 Å². The molecule has 0 spiro atoms. The fourth-order valence-electron chi connectivity index (χ4n) is 10.00. The Morgan fingerprint density at radius 1 is 0.875 bits per heavy atom. The molecule has 180 valence electrons. The molecule has 2 heteroatoms. The summed E-state index contributed by atoms with van der Waals surface area (Å²) in [6.07, 6.45) is 17.0. The first-order valence-corrected chi connectivity index (χ1v) is 13.5. The average molecular weight is 441 g/mol. The van der Waals surface area contributed by atoms with E-state index >= 15 is 0 Å². The maximum absolute atomic E-state index is 10.9. The average Bonchev–Trinajstić information content (AvgIpc) is 2.73. The minimum Gasteiger partial charge on any atom is -0.396 e. The van der Waals surface area contributed by atoms with Crippen molar-refractivity contribution in [3.63, 3.8) is 0 Å². The lowest BCUT2D eigenvalue weighted by atomic mass is 9.34. The van der Waals surface area contributed by atoms with Crippen LogP contribution in [0.5, 0.6) is 0 Å². The van der Waals surface area contributed by atoms with E-state index in [1.54, 1.807) is 5.57 Å². The molecule has 0 aromatic heterocycles. The second-order valence-corrected chi connectivity index (χ2v) is 14.6.